The topological polar surface area (TPSA) is 57.0 Å². The zero-order chi connectivity index (χ0) is 21.2. The number of hydrogen-bond acceptors (Lipinski definition) is 4. The second kappa shape index (κ2) is 8.14. The van der Waals surface area contributed by atoms with Crippen LogP contribution < -0.4 is 4.74 Å². The Labute approximate surface area is 171 Å². The summed E-state index contributed by atoms with van der Waals surface area (Å²) >= 11 is 0. The van der Waals surface area contributed by atoms with Gasteiger partial charge in [0.25, 0.3) is 5.54 Å². The van der Waals surface area contributed by atoms with Gasteiger partial charge in [-0.2, -0.15) is 0 Å². The van der Waals surface area contributed by atoms with E-state index in [1.807, 2.05) is 0 Å². The van der Waals surface area contributed by atoms with Crippen molar-refractivity contribution in [2.45, 2.75) is 76.4 Å². The number of benzene rings is 1. The van der Waals surface area contributed by atoms with E-state index in [9.17, 15) is 14.0 Å². The van der Waals surface area contributed by atoms with Gasteiger partial charge in [-0.1, -0.05) is 12.8 Å². The van der Waals surface area contributed by atoms with Crippen LogP contribution in [-0.4, -0.2) is 24.5 Å². The van der Waals surface area contributed by atoms with Crippen LogP contribution in [0.5, 0.6) is 5.75 Å². The number of ketones is 1. The molecule has 0 N–H and O–H groups in total. The van der Waals surface area contributed by atoms with Gasteiger partial charge in [0.2, 0.25) is 0 Å². The molecule has 1 aliphatic heterocycles. The Balaban J connectivity index is 1.90. The molecule has 1 heterocycles. The lowest BCUT2D eigenvalue weighted by Crippen LogP contribution is -2.48. The van der Waals surface area contributed by atoms with Crippen molar-refractivity contribution in [3.63, 3.8) is 0 Å². The maximum atomic E-state index is 14.8. The average molecular weight is 401 g/mol. The fourth-order valence-corrected chi connectivity index (χ4v) is 4.73. The predicted molar refractivity (Wildman–Crippen MR) is 106 cm³/mol. The molecule has 0 spiro atoms. The Bertz CT molecular complexity index is 833. The Kier molecular flexibility index (Phi) is 5.97. The molecule has 2 aliphatic rings. The van der Waals surface area contributed by atoms with Crippen molar-refractivity contribution < 1.29 is 23.5 Å². The molecule has 0 aromatic heterocycles. The van der Waals surface area contributed by atoms with Crippen LogP contribution in [0.1, 0.15) is 69.9 Å². The first kappa shape index (κ1) is 21.3. The molecule has 2 fully saturated rings. The van der Waals surface area contributed by atoms with Gasteiger partial charge in [0.05, 0.1) is 12.7 Å². The number of rotatable bonds is 6. The number of ether oxygens (including phenoxy) is 2. The maximum absolute atomic E-state index is 14.8. The molecule has 156 valence electrons. The van der Waals surface area contributed by atoms with E-state index in [1.165, 1.54) is 13.2 Å². The molecule has 5 nitrogen and oxygen atoms in total. The van der Waals surface area contributed by atoms with Crippen LogP contribution in [0.25, 0.3) is 4.85 Å². The number of Topliss-reactive ketones (excluding diaryl/α,β-unsaturated/α-hetero) is 1. The van der Waals surface area contributed by atoms with Crippen LogP contribution in [0.3, 0.4) is 0 Å². The lowest BCUT2D eigenvalue weighted by atomic mass is 9.76. The zero-order valence-electron chi connectivity index (χ0n) is 17.3. The molecule has 1 saturated carbocycles. The van der Waals surface area contributed by atoms with Crippen LogP contribution in [0.15, 0.2) is 12.1 Å². The number of halogens is 1. The van der Waals surface area contributed by atoms with Crippen molar-refractivity contribution in [1.82, 2.24) is 0 Å². The number of carbonyl (C=O) groups is 2. The summed E-state index contributed by atoms with van der Waals surface area (Å²) < 4.78 is 26.1. The third-order valence-electron chi connectivity index (χ3n) is 6.38. The third kappa shape index (κ3) is 4.29. The second-order valence-corrected chi connectivity index (χ2v) is 8.73. The van der Waals surface area contributed by atoms with Crippen LogP contribution in [0.4, 0.5) is 4.39 Å². The van der Waals surface area contributed by atoms with E-state index < -0.39 is 22.9 Å². The van der Waals surface area contributed by atoms with Crippen LogP contribution >= 0.6 is 0 Å². The smallest absolute Gasteiger partial charge is 0.313 e. The Hall–Kier alpha value is -2.42. The van der Waals surface area contributed by atoms with Crippen molar-refractivity contribution in [3.8, 4) is 5.75 Å². The van der Waals surface area contributed by atoms with Gasteiger partial charge in [0, 0.05) is 20.3 Å². The van der Waals surface area contributed by atoms with Gasteiger partial charge in [0.1, 0.15) is 29.4 Å². The quantitative estimate of drug-likeness (QED) is 0.392. The molecule has 29 heavy (non-hydrogen) atoms. The van der Waals surface area contributed by atoms with Gasteiger partial charge < -0.3 is 14.3 Å². The fraction of sp³-hybridized carbons (Fsp3) is 0.609. The minimum atomic E-state index is -0.994. The van der Waals surface area contributed by atoms with Gasteiger partial charge in [-0.25, -0.2) is 11.0 Å². The summed E-state index contributed by atoms with van der Waals surface area (Å²) in [7, 11) is 1.52. The summed E-state index contributed by atoms with van der Waals surface area (Å²) in [6.45, 7) is 10.7. The predicted octanol–water partition coefficient (Wildman–Crippen LogP) is 4.76. The number of aryl methyl sites for hydroxylation is 1. The standard InChI is InChI=1S/C23H28FNO4/c1-22(2,25-3)18-13-20(28-4)15(11-19(18)24)9-10-23(16-7-5-6-8-16)14-17(26)12-21(27)29-23/h11,13,16H,5-10,12,14H2,1-2,4H3. The summed E-state index contributed by atoms with van der Waals surface area (Å²) in [6.07, 6.45) is 4.96. The van der Waals surface area contributed by atoms with Gasteiger partial charge in [-0.05, 0) is 49.3 Å². The molecule has 1 aromatic rings. The first-order chi connectivity index (χ1) is 13.7. The first-order valence-electron chi connectivity index (χ1n) is 10.2. The lowest BCUT2D eigenvalue weighted by Gasteiger charge is -2.41. The normalized spacial score (nSPS) is 23.0. The van der Waals surface area contributed by atoms with E-state index >= 15 is 0 Å². The van der Waals surface area contributed by atoms with E-state index in [0.29, 0.717) is 24.2 Å². The van der Waals surface area contributed by atoms with E-state index in [-0.39, 0.29) is 30.1 Å². The minimum absolute atomic E-state index is 0.0829. The molecule has 1 aliphatic carbocycles. The van der Waals surface area contributed by atoms with Crippen LogP contribution in [-0.2, 0) is 26.3 Å². The molecule has 6 heteroatoms. The van der Waals surface area contributed by atoms with Crippen LogP contribution in [0, 0.1) is 18.3 Å². The highest BCUT2D eigenvalue weighted by Gasteiger charge is 2.48. The summed E-state index contributed by atoms with van der Waals surface area (Å²) in [6, 6.07) is 3.00. The van der Waals surface area contributed by atoms with Crippen molar-refractivity contribution >= 4 is 11.8 Å². The lowest BCUT2D eigenvalue weighted by molar-refractivity contribution is -0.178. The van der Waals surface area contributed by atoms with E-state index in [1.54, 1.807) is 19.9 Å². The Morgan fingerprint density at radius 3 is 2.59 bits per heavy atom. The van der Waals surface area contributed by atoms with Crippen molar-refractivity contribution in [2.75, 3.05) is 7.11 Å². The van der Waals surface area contributed by atoms with Crippen molar-refractivity contribution in [3.05, 3.63) is 40.5 Å². The number of esters is 1. The van der Waals surface area contributed by atoms with Gasteiger partial charge in [-0.3, -0.25) is 9.59 Å². The summed E-state index contributed by atoms with van der Waals surface area (Å²) in [5.41, 5.74) is -0.857. The average Bonchev–Trinajstić information content (AvgIpc) is 3.21. The monoisotopic (exact) mass is 401 g/mol. The molecule has 0 amide bonds. The Morgan fingerprint density at radius 2 is 2.00 bits per heavy atom. The fourth-order valence-electron chi connectivity index (χ4n) is 4.73. The van der Waals surface area contributed by atoms with E-state index in [0.717, 1.165) is 25.7 Å². The highest BCUT2D eigenvalue weighted by atomic mass is 19.1. The summed E-state index contributed by atoms with van der Waals surface area (Å²) in [5, 5.41) is 0. The first-order valence-corrected chi connectivity index (χ1v) is 10.2. The minimum Gasteiger partial charge on any atom is -0.496 e. The third-order valence-corrected chi connectivity index (χ3v) is 6.38. The molecule has 1 atom stereocenters. The molecule has 1 aromatic carbocycles. The molecule has 1 saturated heterocycles. The van der Waals surface area contributed by atoms with Crippen molar-refractivity contribution in [2.24, 2.45) is 5.92 Å². The second-order valence-electron chi connectivity index (χ2n) is 8.73. The molecule has 1 unspecified atom stereocenters. The number of carbonyl (C=O) groups excluding carboxylic acids is 2. The van der Waals surface area contributed by atoms with Gasteiger partial charge in [-0.15, -0.1) is 0 Å². The van der Waals surface area contributed by atoms with Gasteiger partial charge >= 0.3 is 5.97 Å². The SMILES string of the molecule is [C-]#[N+]C(C)(C)c1cc(OC)c(CCC2(C3CCCC3)CC(=O)CC(=O)O2)cc1F. The van der Waals surface area contributed by atoms with Gasteiger partial charge in [0.15, 0.2) is 0 Å². The molecule has 0 radical (unpaired) electrons. The molecule has 3 rings (SSSR count). The summed E-state index contributed by atoms with van der Waals surface area (Å²) in [4.78, 5) is 27.8. The number of cyclic esters (lactones) is 1. The summed E-state index contributed by atoms with van der Waals surface area (Å²) in [5.74, 6) is -0.325. The largest absolute Gasteiger partial charge is 0.496 e. The Morgan fingerprint density at radius 1 is 1.31 bits per heavy atom. The van der Waals surface area contributed by atoms with Crippen molar-refractivity contribution in [1.29, 1.82) is 0 Å². The number of hydrogen-bond donors (Lipinski definition) is 0. The van der Waals surface area contributed by atoms with E-state index in [2.05, 4.69) is 4.85 Å². The number of nitrogens with zero attached hydrogens (tertiary/aromatic N) is 1. The molecular formula is C23H28FNO4. The van der Waals surface area contributed by atoms with Crippen LogP contribution in [0.2, 0.25) is 0 Å². The highest BCUT2D eigenvalue weighted by molar-refractivity contribution is 5.98. The van der Waals surface area contributed by atoms with E-state index in [4.69, 9.17) is 16.0 Å². The molecule has 0 bridgehead atoms. The molecular weight excluding hydrogens is 373 g/mol. The maximum Gasteiger partial charge on any atom is 0.313 e. The zero-order valence-corrected chi connectivity index (χ0v) is 17.3. The number of methoxy groups -OCH3 is 1. The highest BCUT2D eigenvalue weighted by Crippen LogP contribution is 2.44.